The normalized spacial score (nSPS) is 16.3. The first kappa shape index (κ1) is 21.1. The zero-order valence-electron chi connectivity index (χ0n) is 16.7. The highest BCUT2D eigenvalue weighted by molar-refractivity contribution is 7.89. The van der Waals surface area contributed by atoms with E-state index in [-0.39, 0.29) is 23.9 Å². The van der Waals surface area contributed by atoms with Gasteiger partial charge in [0.05, 0.1) is 12.0 Å². The lowest BCUT2D eigenvalue weighted by Crippen LogP contribution is -2.53. The van der Waals surface area contributed by atoms with Crippen molar-refractivity contribution in [2.75, 3.05) is 33.3 Å². The maximum atomic E-state index is 12.9. The Morgan fingerprint density at radius 2 is 1.66 bits per heavy atom. The van der Waals surface area contributed by atoms with E-state index in [9.17, 15) is 13.2 Å². The van der Waals surface area contributed by atoms with Crippen LogP contribution in [-0.4, -0.2) is 62.9 Å². The van der Waals surface area contributed by atoms with Gasteiger partial charge in [0.15, 0.2) is 6.10 Å². The molecule has 0 unspecified atom stereocenters. The lowest BCUT2D eigenvalue weighted by Gasteiger charge is -2.35. The molecule has 7 nitrogen and oxygen atoms in total. The van der Waals surface area contributed by atoms with E-state index in [0.29, 0.717) is 31.0 Å². The molecule has 1 aliphatic heterocycles. The Balaban J connectivity index is 1.62. The Morgan fingerprint density at radius 1 is 1.00 bits per heavy atom. The van der Waals surface area contributed by atoms with Crippen molar-refractivity contribution in [1.29, 1.82) is 0 Å². The monoisotopic (exact) mass is 418 g/mol. The predicted molar refractivity (Wildman–Crippen MR) is 109 cm³/mol. The number of amides is 1. The lowest BCUT2D eigenvalue weighted by atomic mass is 10.2. The maximum Gasteiger partial charge on any atom is 0.263 e. The van der Waals surface area contributed by atoms with Gasteiger partial charge in [0, 0.05) is 32.2 Å². The number of methoxy groups -OCH3 is 1. The van der Waals surface area contributed by atoms with Crippen LogP contribution in [-0.2, 0) is 14.8 Å². The van der Waals surface area contributed by atoms with Gasteiger partial charge >= 0.3 is 0 Å². The average molecular weight is 419 g/mol. The molecule has 0 aliphatic carbocycles. The molecule has 0 saturated carbocycles. The van der Waals surface area contributed by atoms with Gasteiger partial charge in [-0.25, -0.2) is 8.42 Å². The first-order chi connectivity index (χ1) is 14.0. The molecule has 1 saturated heterocycles. The van der Waals surface area contributed by atoms with E-state index in [1.807, 2.05) is 13.0 Å². The summed E-state index contributed by atoms with van der Waals surface area (Å²) >= 11 is 0. The van der Waals surface area contributed by atoms with Crippen LogP contribution in [0.25, 0.3) is 0 Å². The molecule has 156 valence electrons. The number of carbonyl (C=O) groups is 1. The molecule has 1 fully saturated rings. The molecule has 29 heavy (non-hydrogen) atoms. The molecule has 0 bridgehead atoms. The third-order valence-electron chi connectivity index (χ3n) is 4.90. The molecular formula is C21H26N2O5S. The van der Waals surface area contributed by atoms with E-state index < -0.39 is 16.1 Å². The lowest BCUT2D eigenvalue weighted by molar-refractivity contribution is -0.140. The van der Waals surface area contributed by atoms with Crippen LogP contribution in [0.4, 0.5) is 0 Å². The summed E-state index contributed by atoms with van der Waals surface area (Å²) in [6.45, 7) is 3.09. The highest BCUT2D eigenvalue weighted by Crippen LogP contribution is 2.22. The fourth-order valence-corrected chi connectivity index (χ4v) is 4.68. The van der Waals surface area contributed by atoms with Gasteiger partial charge in [-0.2, -0.15) is 4.31 Å². The SMILES string of the molecule is CC[C@H](Oc1cccc(OC)c1)C(=O)N1CCN(S(=O)(=O)c2ccccc2)CC1. The summed E-state index contributed by atoms with van der Waals surface area (Å²) in [6.07, 6.45) is -0.113. The number of sulfonamides is 1. The quantitative estimate of drug-likeness (QED) is 0.690. The van der Waals surface area contributed by atoms with Crippen molar-refractivity contribution in [3.8, 4) is 11.5 Å². The second-order valence-corrected chi connectivity index (χ2v) is 8.67. The average Bonchev–Trinajstić information content (AvgIpc) is 2.77. The summed E-state index contributed by atoms with van der Waals surface area (Å²) in [6, 6.07) is 15.5. The van der Waals surface area contributed by atoms with Crippen LogP contribution in [0, 0.1) is 0 Å². The van der Waals surface area contributed by atoms with Crippen molar-refractivity contribution < 1.29 is 22.7 Å². The zero-order chi connectivity index (χ0) is 20.9. The molecule has 0 radical (unpaired) electrons. The minimum Gasteiger partial charge on any atom is -0.497 e. The zero-order valence-corrected chi connectivity index (χ0v) is 17.5. The van der Waals surface area contributed by atoms with Crippen LogP contribution in [0.2, 0.25) is 0 Å². The van der Waals surface area contributed by atoms with Gasteiger partial charge < -0.3 is 14.4 Å². The van der Waals surface area contributed by atoms with Crippen molar-refractivity contribution in [2.24, 2.45) is 0 Å². The summed E-state index contributed by atoms with van der Waals surface area (Å²) in [7, 11) is -1.97. The molecule has 1 amide bonds. The molecule has 0 N–H and O–H groups in total. The smallest absolute Gasteiger partial charge is 0.263 e. The molecule has 2 aromatic rings. The summed E-state index contributed by atoms with van der Waals surface area (Å²) < 4.78 is 38.0. The van der Waals surface area contributed by atoms with Crippen LogP contribution in [0.5, 0.6) is 11.5 Å². The second-order valence-electron chi connectivity index (χ2n) is 6.74. The minimum absolute atomic E-state index is 0.132. The van der Waals surface area contributed by atoms with E-state index in [1.54, 1.807) is 60.5 Å². The van der Waals surface area contributed by atoms with Crippen molar-refractivity contribution in [1.82, 2.24) is 9.21 Å². The van der Waals surface area contributed by atoms with E-state index >= 15 is 0 Å². The Labute approximate surface area is 171 Å². The number of piperazine rings is 1. The molecule has 8 heteroatoms. The Bertz CT molecular complexity index is 925. The largest absolute Gasteiger partial charge is 0.497 e. The Kier molecular flexibility index (Phi) is 6.76. The molecule has 0 spiro atoms. The summed E-state index contributed by atoms with van der Waals surface area (Å²) in [5, 5.41) is 0. The van der Waals surface area contributed by atoms with Crippen LogP contribution in [0.1, 0.15) is 13.3 Å². The van der Waals surface area contributed by atoms with Gasteiger partial charge in [-0.05, 0) is 30.7 Å². The maximum absolute atomic E-state index is 12.9. The summed E-state index contributed by atoms with van der Waals surface area (Å²) in [5.41, 5.74) is 0. The number of ether oxygens (including phenoxy) is 2. The number of nitrogens with zero attached hydrogens (tertiary/aromatic N) is 2. The number of hydrogen-bond donors (Lipinski definition) is 0. The highest BCUT2D eigenvalue weighted by Gasteiger charge is 2.32. The number of benzene rings is 2. The van der Waals surface area contributed by atoms with Gasteiger partial charge in [0.2, 0.25) is 10.0 Å². The summed E-state index contributed by atoms with van der Waals surface area (Å²) in [4.78, 5) is 14.9. The highest BCUT2D eigenvalue weighted by atomic mass is 32.2. The standard InChI is InChI=1S/C21H26N2O5S/c1-3-20(28-18-9-7-8-17(16-18)27-2)21(24)22-12-14-23(15-13-22)29(25,26)19-10-5-4-6-11-19/h4-11,16,20H,3,12-15H2,1-2H3/t20-/m0/s1. The van der Waals surface area contributed by atoms with Crippen molar-refractivity contribution in [2.45, 2.75) is 24.3 Å². The molecule has 2 aromatic carbocycles. The van der Waals surface area contributed by atoms with Gasteiger partial charge in [-0.15, -0.1) is 0 Å². The van der Waals surface area contributed by atoms with Gasteiger partial charge in [-0.3, -0.25) is 4.79 Å². The van der Waals surface area contributed by atoms with Crippen LogP contribution < -0.4 is 9.47 Å². The molecular weight excluding hydrogens is 392 g/mol. The molecule has 3 rings (SSSR count). The molecule has 0 aromatic heterocycles. The van der Waals surface area contributed by atoms with E-state index in [2.05, 4.69) is 0 Å². The number of hydrogen-bond acceptors (Lipinski definition) is 5. The van der Waals surface area contributed by atoms with Crippen molar-refractivity contribution in [3.05, 3.63) is 54.6 Å². The number of rotatable bonds is 7. The molecule has 1 aliphatic rings. The van der Waals surface area contributed by atoms with E-state index in [4.69, 9.17) is 9.47 Å². The van der Waals surface area contributed by atoms with Crippen LogP contribution in [0.3, 0.4) is 0 Å². The van der Waals surface area contributed by atoms with Gasteiger partial charge in [0.1, 0.15) is 11.5 Å². The van der Waals surface area contributed by atoms with Gasteiger partial charge in [0.25, 0.3) is 5.91 Å². The number of carbonyl (C=O) groups excluding carboxylic acids is 1. The third kappa shape index (κ3) is 4.89. The van der Waals surface area contributed by atoms with E-state index in [0.717, 1.165) is 0 Å². The first-order valence-corrected chi connectivity index (χ1v) is 11.0. The minimum atomic E-state index is -3.54. The molecule has 1 heterocycles. The van der Waals surface area contributed by atoms with Crippen molar-refractivity contribution in [3.63, 3.8) is 0 Å². The Morgan fingerprint density at radius 3 is 2.28 bits per heavy atom. The second kappa shape index (κ2) is 9.28. The fraction of sp³-hybridized carbons (Fsp3) is 0.381. The van der Waals surface area contributed by atoms with Crippen molar-refractivity contribution >= 4 is 15.9 Å². The molecule has 1 atom stereocenters. The van der Waals surface area contributed by atoms with E-state index in [1.165, 1.54) is 4.31 Å². The topological polar surface area (TPSA) is 76.2 Å². The van der Waals surface area contributed by atoms with Crippen LogP contribution >= 0.6 is 0 Å². The van der Waals surface area contributed by atoms with Gasteiger partial charge in [-0.1, -0.05) is 31.2 Å². The first-order valence-electron chi connectivity index (χ1n) is 9.60. The Hall–Kier alpha value is -2.58. The summed E-state index contributed by atoms with van der Waals surface area (Å²) in [5.74, 6) is 1.09. The fourth-order valence-electron chi connectivity index (χ4n) is 3.24. The predicted octanol–water partition coefficient (Wildman–Crippen LogP) is 2.39. The van der Waals surface area contributed by atoms with Crippen LogP contribution in [0.15, 0.2) is 59.5 Å². The third-order valence-corrected chi connectivity index (χ3v) is 6.81.